The number of aromatic nitrogens is 2. The van der Waals surface area contributed by atoms with Gasteiger partial charge in [-0.15, -0.1) is 0 Å². The van der Waals surface area contributed by atoms with E-state index < -0.39 is 6.17 Å². The lowest BCUT2D eigenvalue weighted by Gasteiger charge is -2.17. The van der Waals surface area contributed by atoms with Crippen LogP contribution in [-0.2, 0) is 6.42 Å². The first-order valence-electron chi connectivity index (χ1n) is 8.11. The van der Waals surface area contributed by atoms with Crippen molar-refractivity contribution >= 4 is 23.1 Å². The van der Waals surface area contributed by atoms with E-state index in [0.717, 1.165) is 17.0 Å². The van der Waals surface area contributed by atoms with E-state index in [4.69, 9.17) is 27.5 Å². The first kappa shape index (κ1) is 18.0. The van der Waals surface area contributed by atoms with Crippen molar-refractivity contribution in [1.82, 2.24) is 9.78 Å². The van der Waals surface area contributed by atoms with Crippen LogP contribution in [0.4, 0.5) is 11.5 Å². The number of nitrogens with two attached hydrogens (primary N) is 1. The Kier molecular flexibility index (Phi) is 5.55. The summed E-state index contributed by atoms with van der Waals surface area (Å²) in [6.07, 6.45) is 0.0887. The summed E-state index contributed by atoms with van der Waals surface area (Å²) in [5.41, 5.74) is 8.38. The lowest BCUT2D eigenvalue weighted by molar-refractivity contribution is 0.413. The topological polar surface area (TPSA) is 88.9 Å². The van der Waals surface area contributed by atoms with Crippen LogP contribution in [0.5, 0.6) is 5.75 Å². The lowest BCUT2D eigenvalue weighted by Crippen LogP contribution is -2.33. The molecule has 0 aliphatic carbocycles. The monoisotopic (exact) mass is 369 g/mol. The number of methoxy groups -OCH3 is 1. The van der Waals surface area contributed by atoms with Crippen LogP contribution in [0.25, 0.3) is 0 Å². The Balaban J connectivity index is 1.78. The molecule has 7 heteroatoms. The third-order valence-electron chi connectivity index (χ3n) is 3.88. The van der Waals surface area contributed by atoms with E-state index in [0.29, 0.717) is 17.3 Å². The van der Waals surface area contributed by atoms with Gasteiger partial charge in [0.15, 0.2) is 5.82 Å². The fraction of sp³-hybridized carbons (Fsp3) is 0.158. The Bertz CT molecular complexity index is 939. The second-order valence-electron chi connectivity index (χ2n) is 5.80. The molecule has 0 radical (unpaired) electrons. The number of anilines is 2. The highest BCUT2D eigenvalue weighted by Crippen LogP contribution is 2.19. The second kappa shape index (κ2) is 8.03. The Morgan fingerprint density at radius 3 is 2.65 bits per heavy atom. The molecule has 1 atom stereocenters. The number of benzene rings is 2. The van der Waals surface area contributed by atoms with Gasteiger partial charge in [0.1, 0.15) is 17.4 Å². The Hall–Kier alpha value is -2.83. The molecule has 2 aromatic carbocycles. The molecule has 3 aromatic rings. The highest BCUT2D eigenvalue weighted by Gasteiger charge is 2.10. The van der Waals surface area contributed by atoms with Crippen molar-refractivity contribution in [3.8, 4) is 5.75 Å². The summed E-state index contributed by atoms with van der Waals surface area (Å²) in [7, 11) is 1.63. The number of hydrogen-bond acceptors (Lipinski definition) is 5. The SMILES string of the molecule is COc1ccc(CC(N)n2nc(Nc3cccc(Cl)c3)ccc2=N)cc1. The van der Waals surface area contributed by atoms with Crippen LogP contribution in [0.1, 0.15) is 11.7 Å². The van der Waals surface area contributed by atoms with Crippen LogP contribution < -0.4 is 21.3 Å². The zero-order valence-corrected chi connectivity index (χ0v) is 15.1. The predicted octanol–water partition coefficient (Wildman–Crippen LogP) is 3.47. The summed E-state index contributed by atoms with van der Waals surface area (Å²) < 4.78 is 6.66. The summed E-state index contributed by atoms with van der Waals surface area (Å²) in [5.74, 6) is 1.38. The second-order valence-corrected chi connectivity index (χ2v) is 6.24. The molecular weight excluding hydrogens is 350 g/mol. The van der Waals surface area contributed by atoms with E-state index in [-0.39, 0.29) is 5.49 Å². The van der Waals surface area contributed by atoms with Crippen molar-refractivity contribution in [2.24, 2.45) is 5.73 Å². The summed E-state index contributed by atoms with van der Waals surface area (Å²) in [5, 5.41) is 16.4. The van der Waals surface area contributed by atoms with Crippen molar-refractivity contribution in [2.45, 2.75) is 12.6 Å². The molecule has 0 amide bonds. The van der Waals surface area contributed by atoms with Crippen molar-refractivity contribution in [3.63, 3.8) is 0 Å². The molecule has 134 valence electrons. The summed E-state index contributed by atoms with van der Waals surface area (Å²) >= 11 is 6.01. The molecule has 1 aromatic heterocycles. The molecule has 0 bridgehead atoms. The number of nitrogens with one attached hydrogen (secondary N) is 2. The maximum Gasteiger partial charge on any atom is 0.151 e. The van der Waals surface area contributed by atoms with E-state index in [1.54, 1.807) is 31.4 Å². The van der Waals surface area contributed by atoms with Crippen LogP contribution in [0.2, 0.25) is 5.02 Å². The molecule has 0 spiro atoms. The summed E-state index contributed by atoms with van der Waals surface area (Å²) in [6.45, 7) is 0. The van der Waals surface area contributed by atoms with Gasteiger partial charge in [-0.25, -0.2) is 4.68 Å². The Morgan fingerprint density at radius 2 is 1.96 bits per heavy atom. The van der Waals surface area contributed by atoms with E-state index in [2.05, 4.69) is 10.4 Å². The predicted molar refractivity (Wildman–Crippen MR) is 103 cm³/mol. The van der Waals surface area contributed by atoms with Crippen LogP contribution >= 0.6 is 11.6 Å². The number of nitrogens with zero attached hydrogens (tertiary/aromatic N) is 2. The fourth-order valence-corrected chi connectivity index (χ4v) is 2.75. The standard InChI is InChI=1S/C19H20ClN5O/c1-26-16-7-5-13(6-8-16)11-18(22)25-17(21)9-10-19(24-25)23-15-4-2-3-14(20)12-15/h2-10,12,18,21H,11,22H2,1H3,(H,23,24). The molecule has 26 heavy (non-hydrogen) atoms. The first-order chi connectivity index (χ1) is 12.5. The van der Waals surface area contributed by atoms with Gasteiger partial charge in [0.2, 0.25) is 0 Å². The quantitative estimate of drug-likeness (QED) is 0.620. The molecule has 0 saturated heterocycles. The molecule has 0 aliphatic rings. The van der Waals surface area contributed by atoms with Gasteiger partial charge < -0.3 is 15.8 Å². The number of hydrogen-bond donors (Lipinski definition) is 3. The minimum atomic E-state index is -0.461. The maximum absolute atomic E-state index is 8.09. The number of halogens is 1. The third-order valence-corrected chi connectivity index (χ3v) is 4.11. The maximum atomic E-state index is 8.09. The van der Waals surface area contributed by atoms with Gasteiger partial charge in [0, 0.05) is 17.1 Å². The van der Waals surface area contributed by atoms with Crippen LogP contribution in [-0.4, -0.2) is 16.9 Å². The van der Waals surface area contributed by atoms with Gasteiger partial charge in [0.25, 0.3) is 0 Å². The lowest BCUT2D eigenvalue weighted by atomic mass is 10.1. The highest BCUT2D eigenvalue weighted by molar-refractivity contribution is 6.30. The zero-order valence-electron chi connectivity index (χ0n) is 14.3. The largest absolute Gasteiger partial charge is 0.497 e. The van der Waals surface area contributed by atoms with E-state index in [9.17, 15) is 0 Å². The molecule has 3 rings (SSSR count). The molecule has 4 N–H and O–H groups in total. The van der Waals surface area contributed by atoms with Gasteiger partial charge >= 0.3 is 0 Å². The van der Waals surface area contributed by atoms with Gasteiger partial charge in [-0.3, -0.25) is 5.41 Å². The molecule has 1 unspecified atom stereocenters. The summed E-state index contributed by atoms with van der Waals surface area (Å²) in [6, 6.07) is 18.4. The minimum absolute atomic E-state index is 0.239. The fourth-order valence-electron chi connectivity index (χ4n) is 2.56. The first-order valence-corrected chi connectivity index (χ1v) is 8.48. The van der Waals surface area contributed by atoms with Crippen LogP contribution in [0.3, 0.4) is 0 Å². The van der Waals surface area contributed by atoms with Gasteiger partial charge in [0.05, 0.1) is 7.11 Å². The molecular formula is C19H20ClN5O. The summed E-state index contributed by atoms with van der Waals surface area (Å²) in [4.78, 5) is 0. The Labute approximate surface area is 156 Å². The third kappa shape index (κ3) is 4.41. The van der Waals surface area contributed by atoms with Gasteiger partial charge in [-0.2, -0.15) is 5.10 Å². The van der Waals surface area contributed by atoms with Crippen LogP contribution in [0, 0.1) is 5.41 Å². The number of rotatable bonds is 6. The molecule has 6 nitrogen and oxygen atoms in total. The van der Waals surface area contributed by atoms with Gasteiger partial charge in [-0.1, -0.05) is 29.8 Å². The van der Waals surface area contributed by atoms with E-state index >= 15 is 0 Å². The average molecular weight is 370 g/mol. The zero-order chi connectivity index (χ0) is 18.5. The number of ether oxygens (including phenoxy) is 1. The average Bonchev–Trinajstić information content (AvgIpc) is 2.64. The minimum Gasteiger partial charge on any atom is -0.497 e. The van der Waals surface area contributed by atoms with Crippen molar-refractivity contribution < 1.29 is 4.74 Å². The smallest absolute Gasteiger partial charge is 0.151 e. The molecule has 0 aliphatic heterocycles. The highest BCUT2D eigenvalue weighted by atomic mass is 35.5. The molecule has 1 heterocycles. The van der Waals surface area contributed by atoms with Crippen molar-refractivity contribution in [2.75, 3.05) is 12.4 Å². The van der Waals surface area contributed by atoms with Crippen molar-refractivity contribution in [3.05, 3.63) is 76.7 Å². The van der Waals surface area contributed by atoms with Crippen LogP contribution in [0.15, 0.2) is 60.7 Å². The molecule has 0 fully saturated rings. The van der Waals surface area contributed by atoms with Gasteiger partial charge in [-0.05, 0) is 48.0 Å². The van der Waals surface area contributed by atoms with E-state index in [1.807, 2.05) is 36.4 Å². The Morgan fingerprint density at radius 1 is 1.19 bits per heavy atom. The van der Waals surface area contributed by atoms with E-state index in [1.165, 1.54) is 4.68 Å². The normalized spacial score (nSPS) is 11.8. The molecule has 0 saturated carbocycles. The van der Waals surface area contributed by atoms with Crippen molar-refractivity contribution in [1.29, 1.82) is 5.41 Å².